The van der Waals surface area contributed by atoms with E-state index >= 15 is 0 Å². The van der Waals surface area contributed by atoms with Crippen LogP contribution in [0.5, 0.6) is 11.5 Å². The Labute approximate surface area is 158 Å². The van der Waals surface area contributed by atoms with Gasteiger partial charge in [-0.25, -0.2) is 0 Å². The van der Waals surface area contributed by atoms with Crippen LogP contribution in [0.4, 0.5) is 0 Å². The Kier molecular flexibility index (Phi) is 4.78. The van der Waals surface area contributed by atoms with Gasteiger partial charge in [0.15, 0.2) is 17.3 Å². The van der Waals surface area contributed by atoms with Gasteiger partial charge in [-0.1, -0.05) is 5.16 Å². The summed E-state index contributed by atoms with van der Waals surface area (Å²) in [5.41, 5.74) is 0.975. The van der Waals surface area contributed by atoms with E-state index in [4.69, 9.17) is 18.7 Å². The number of rotatable bonds is 8. The number of fused-ring (bicyclic) bond motifs is 1. The molecule has 27 heavy (non-hydrogen) atoms. The third kappa shape index (κ3) is 3.64. The van der Waals surface area contributed by atoms with Gasteiger partial charge in [0.05, 0.1) is 17.2 Å². The molecule has 1 saturated carbocycles. The number of nitrogens with zero attached hydrogens (tertiary/aromatic N) is 1. The Bertz CT molecular complexity index is 826. The van der Waals surface area contributed by atoms with Crippen LogP contribution in [0.2, 0.25) is 0 Å². The van der Waals surface area contributed by atoms with Crippen LogP contribution in [-0.4, -0.2) is 37.1 Å². The normalized spacial score (nSPS) is 16.6. The lowest BCUT2D eigenvalue weighted by Gasteiger charge is -2.13. The lowest BCUT2D eigenvalue weighted by Crippen LogP contribution is -2.35. The Morgan fingerprint density at radius 2 is 2.07 bits per heavy atom. The molecule has 0 bridgehead atoms. The molecule has 7 nitrogen and oxygen atoms in total. The van der Waals surface area contributed by atoms with Gasteiger partial charge >= 0.3 is 0 Å². The molecule has 2 aromatic rings. The van der Waals surface area contributed by atoms with Gasteiger partial charge in [-0.3, -0.25) is 4.79 Å². The summed E-state index contributed by atoms with van der Waals surface area (Å²) in [6, 6.07) is 7.46. The maximum atomic E-state index is 12.7. The second-order valence-corrected chi connectivity index (χ2v) is 7.26. The first-order chi connectivity index (χ1) is 13.1. The van der Waals surface area contributed by atoms with E-state index in [0.717, 1.165) is 30.6 Å². The van der Waals surface area contributed by atoms with Crippen LogP contribution in [0.25, 0.3) is 11.3 Å². The number of benzene rings is 1. The fourth-order valence-electron chi connectivity index (χ4n) is 3.17. The minimum absolute atomic E-state index is 0.0117. The number of aromatic nitrogens is 1. The molecule has 7 heteroatoms. The van der Waals surface area contributed by atoms with Crippen LogP contribution in [-0.2, 0) is 14.9 Å². The zero-order chi connectivity index (χ0) is 18.9. The molecule has 0 atom stereocenters. The maximum Gasteiger partial charge on any atom is 0.232 e. The van der Waals surface area contributed by atoms with Crippen molar-refractivity contribution in [1.82, 2.24) is 10.5 Å². The molecule has 1 N–H and O–H groups in total. The highest BCUT2D eigenvalue weighted by Gasteiger charge is 2.53. The summed E-state index contributed by atoms with van der Waals surface area (Å²) in [7, 11) is 0. The standard InChI is InChI=1S/C20H24N2O5/c1-13(2)24-9-3-8-21-19(23)20(6-7-20)18-11-16(27-22-18)14-4-5-15-17(10-14)26-12-25-15/h4-5,10-11,13H,3,6-9,12H2,1-2H3,(H,21,23). The first kappa shape index (κ1) is 17.9. The molecular weight excluding hydrogens is 348 g/mol. The predicted molar refractivity (Wildman–Crippen MR) is 97.7 cm³/mol. The molecule has 4 rings (SSSR count). The summed E-state index contributed by atoms with van der Waals surface area (Å²) in [5, 5.41) is 7.18. The maximum absolute atomic E-state index is 12.7. The average molecular weight is 372 g/mol. The van der Waals surface area contributed by atoms with Crippen LogP contribution < -0.4 is 14.8 Å². The van der Waals surface area contributed by atoms with Gasteiger partial charge in [-0.05, 0) is 51.3 Å². The molecule has 0 radical (unpaired) electrons. The quantitative estimate of drug-likeness (QED) is 0.717. The van der Waals surface area contributed by atoms with E-state index in [-0.39, 0.29) is 18.8 Å². The van der Waals surface area contributed by atoms with Gasteiger partial charge in [0, 0.05) is 24.8 Å². The molecule has 2 aliphatic rings. The van der Waals surface area contributed by atoms with Crippen molar-refractivity contribution >= 4 is 5.91 Å². The first-order valence-electron chi connectivity index (χ1n) is 9.36. The molecule has 0 spiro atoms. The van der Waals surface area contributed by atoms with Gasteiger partial charge in [0.2, 0.25) is 12.7 Å². The van der Waals surface area contributed by atoms with E-state index < -0.39 is 5.41 Å². The highest BCUT2D eigenvalue weighted by atomic mass is 16.7. The minimum atomic E-state index is -0.559. The SMILES string of the molecule is CC(C)OCCCNC(=O)C1(c2cc(-c3ccc4c(c3)OCO4)on2)CC1. The summed E-state index contributed by atoms with van der Waals surface area (Å²) in [6.45, 7) is 5.47. The first-order valence-corrected chi connectivity index (χ1v) is 9.36. The number of nitrogens with one attached hydrogen (secondary N) is 1. The fraction of sp³-hybridized carbons (Fsp3) is 0.500. The molecule has 1 aliphatic heterocycles. The monoisotopic (exact) mass is 372 g/mol. The molecule has 0 saturated heterocycles. The number of carbonyl (C=O) groups excluding carboxylic acids is 1. The Morgan fingerprint density at radius 3 is 2.85 bits per heavy atom. The van der Waals surface area contributed by atoms with Crippen molar-refractivity contribution in [1.29, 1.82) is 0 Å². The average Bonchev–Trinajstić information content (AvgIpc) is 3.10. The Balaban J connectivity index is 1.39. The zero-order valence-corrected chi connectivity index (χ0v) is 15.6. The van der Waals surface area contributed by atoms with E-state index in [0.29, 0.717) is 30.4 Å². The van der Waals surface area contributed by atoms with Gasteiger partial charge in [-0.15, -0.1) is 0 Å². The summed E-state index contributed by atoms with van der Waals surface area (Å²) in [6.07, 6.45) is 2.57. The van der Waals surface area contributed by atoms with Crippen LogP contribution in [0.15, 0.2) is 28.8 Å². The lowest BCUT2D eigenvalue weighted by molar-refractivity contribution is -0.123. The number of amides is 1. The molecule has 1 fully saturated rings. The highest BCUT2D eigenvalue weighted by molar-refractivity contribution is 5.91. The molecule has 144 valence electrons. The summed E-state index contributed by atoms with van der Waals surface area (Å²) >= 11 is 0. The smallest absolute Gasteiger partial charge is 0.232 e. The van der Waals surface area contributed by atoms with Crippen molar-refractivity contribution in [2.24, 2.45) is 0 Å². The number of carbonyl (C=O) groups is 1. The number of hydrogen-bond acceptors (Lipinski definition) is 6. The number of ether oxygens (including phenoxy) is 3. The van der Waals surface area contributed by atoms with E-state index in [2.05, 4.69) is 10.5 Å². The topological polar surface area (TPSA) is 82.8 Å². The molecular formula is C20H24N2O5. The number of hydrogen-bond donors (Lipinski definition) is 1. The Morgan fingerprint density at radius 1 is 1.26 bits per heavy atom. The van der Waals surface area contributed by atoms with E-state index in [9.17, 15) is 4.79 Å². The lowest BCUT2D eigenvalue weighted by atomic mass is 10.00. The summed E-state index contributed by atoms with van der Waals surface area (Å²) < 4.78 is 21.7. The molecule has 1 aromatic heterocycles. The third-order valence-corrected chi connectivity index (χ3v) is 4.90. The molecule has 0 unspecified atom stereocenters. The minimum Gasteiger partial charge on any atom is -0.454 e. The van der Waals surface area contributed by atoms with Crippen molar-refractivity contribution in [2.45, 2.75) is 44.6 Å². The van der Waals surface area contributed by atoms with Crippen molar-refractivity contribution in [3.63, 3.8) is 0 Å². The third-order valence-electron chi connectivity index (χ3n) is 4.90. The van der Waals surface area contributed by atoms with Crippen molar-refractivity contribution < 1.29 is 23.5 Å². The van der Waals surface area contributed by atoms with Gasteiger partial charge in [-0.2, -0.15) is 0 Å². The largest absolute Gasteiger partial charge is 0.454 e. The van der Waals surface area contributed by atoms with E-state index in [1.165, 1.54) is 0 Å². The predicted octanol–water partition coefficient (Wildman–Crippen LogP) is 3.03. The van der Waals surface area contributed by atoms with Crippen LogP contribution in [0, 0.1) is 0 Å². The van der Waals surface area contributed by atoms with E-state index in [1.54, 1.807) is 0 Å². The van der Waals surface area contributed by atoms with Crippen molar-refractivity contribution in [2.75, 3.05) is 19.9 Å². The summed E-state index contributed by atoms with van der Waals surface area (Å²) in [4.78, 5) is 12.7. The van der Waals surface area contributed by atoms with Crippen molar-refractivity contribution in [3.8, 4) is 22.8 Å². The molecule has 1 aliphatic carbocycles. The van der Waals surface area contributed by atoms with Crippen LogP contribution in [0.3, 0.4) is 0 Å². The van der Waals surface area contributed by atoms with Gasteiger partial charge in [0.25, 0.3) is 0 Å². The molecule has 2 heterocycles. The Hall–Kier alpha value is -2.54. The molecule has 1 amide bonds. The second kappa shape index (κ2) is 7.23. The van der Waals surface area contributed by atoms with E-state index in [1.807, 2.05) is 38.1 Å². The van der Waals surface area contributed by atoms with Gasteiger partial charge < -0.3 is 24.1 Å². The second-order valence-electron chi connectivity index (χ2n) is 7.26. The molecule has 1 aromatic carbocycles. The fourth-order valence-corrected chi connectivity index (χ4v) is 3.17. The van der Waals surface area contributed by atoms with Crippen LogP contribution in [0.1, 0.15) is 38.8 Å². The van der Waals surface area contributed by atoms with Gasteiger partial charge in [0.1, 0.15) is 0 Å². The van der Waals surface area contributed by atoms with Crippen molar-refractivity contribution in [3.05, 3.63) is 30.0 Å². The zero-order valence-electron chi connectivity index (χ0n) is 15.6. The van der Waals surface area contributed by atoms with Crippen LogP contribution >= 0.6 is 0 Å². The summed E-state index contributed by atoms with van der Waals surface area (Å²) in [5.74, 6) is 2.04. The highest BCUT2D eigenvalue weighted by Crippen LogP contribution is 2.49.